The summed E-state index contributed by atoms with van der Waals surface area (Å²) in [5.74, 6) is -9.57. The summed E-state index contributed by atoms with van der Waals surface area (Å²) >= 11 is 0. The van der Waals surface area contributed by atoms with E-state index in [1.807, 2.05) is 36.4 Å². The molecule has 0 saturated carbocycles. The molecule has 13 heterocycles. The first kappa shape index (κ1) is 78.5. The molecule has 6 aromatic rings. The van der Waals surface area contributed by atoms with Gasteiger partial charge in [-0.25, -0.2) is 25.3 Å². The highest BCUT2D eigenvalue weighted by atomic mass is 32.2. The predicted octanol–water partition coefficient (Wildman–Crippen LogP) is -0.502. The summed E-state index contributed by atoms with van der Waals surface area (Å²) in [5.41, 5.74) is 7.78. The monoisotopic (exact) mass is 1640 g/mol. The van der Waals surface area contributed by atoms with E-state index < -0.39 is 138 Å². The van der Waals surface area contributed by atoms with Crippen molar-refractivity contribution in [2.24, 2.45) is 35.5 Å². The average Bonchev–Trinajstić information content (AvgIpc) is 1.54. The lowest BCUT2D eigenvalue weighted by Gasteiger charge is -2.51. The number of amides is 3. The maximum absolute atomic E-state index is 14.3. The van der Waals surface area contributed by atoms with Crippen molar-refractivity contribution in [3.8, 4) is 0 Å². The number of piperazine rings is 1. The number of hydrogen-bond acceptors (Lipinski definition) is 20. The molecule has 0 aliphatic carbocycles. The molecular formula is C82H95N10O20S3+. The van der Waals surface area contributed by atoms with Crippen LogP contribution < -0.4 is 28.2 Å². The SMILES string of the molecule is C[C@@H](O)[C@H]1C(=O)N2C(C(=O)[O-])=C(CN3c4c5c(cc6cccc(c46)S3(=O)=O)C[N+](C)(C)C5)[C@H](C)[C@H]12.C[C@@H](O)[C@H]1C(=O)N2C(C(=O)[O-])=C(CN3c4cccc5c6c(cc(c45)S3(=O)=O)C[N+]3(CC6)CC[N+](CCO)(CCO)CC3)[C@H](C)[C@H]12.C[C@@H](O)[C@H]1C(=O)N2C(C(=O)[O-])=C(CN3c4cccc5cc6c(c(c45)S3(=O)=O)C[N+](C)(C)C6)[C@H](C)[C@H]12. The summed E-state index contributed by atoms with van der Waals surface area (Å²) in [7, 11) is -3.66. The van der Waals surface area contributed by atoms with Gasteiger partial charge in [0.15, 0.2) is 0 Å². The maximum atomic E-state index is 14.3. The Morgan fingerprint density at radius 2 is 0.887 bits per heavy atom. The number of carbonyl (C=O) groups excluding carboxylic acids is 6. The Hall–Kier alpha value is -8.97. The second-order valence-electron chi connectivity index (χ2n) is 35.5. The molecule has 610 valence electrons. The largest absolute Gasteiger partial charge is 0.543 e. The summed E-state index contributed by atoms with van der Waals surface area (Å²) in [6.45, 7) is 18.4. The lowest BCUT2D eigenvalue weighted by molar-refractivity contribution is -1.04. The fourth-order valence-corrected chi connectivity index (χ4v) is 27.7. The number of quaternary nitrogens is 4. The third-order valence-electron chi connectivity index (χ3n) is 27.8. The van der Waals surface area contributed by atoms with E-state index in [1.54, 1.807) is 45.0 Å². The number of aliphatic carboxylic acids is 3. The molecule has 19 rings (SSSR count). The van der Waals surface area contributed by atoms with E-state index in [9.17, 15) is 94.9 Å². The second-order valence-corrected chi connectivity index (χ2v) is 41.0. The zero-order valence-corrected chi connectivity index (χ0v) is 68.1. The van der Waals surface area contributed by atoms with Crippen molar-refractivity contribution >= 4 is 115 Å². The van der Waals surface area contributed by atoms with E-state index in [0.29, 0.717) is 101 Å². The minimum Gasteiger partial charge on any atom is -0.543 e. The normalized spacial score (nSPS) is 28.2. The van der Waals surface area contributed by atoms with E-state index in [2.05, 4.69) is 40.3 Å². The molecule has 115 heavy (non-hydrogen) atoms. The van der Waals surface area contributed by atoms with E-state index in [0.717, 1.165) is 111 Å². The van der Waals surface area contributed by atoms with Crippen LogP contribution >= 0.6 is 0 Å². The zero-order chi connectivity index (χ0) is 82.4. The smallest absolute Gasteiger partial charge is 0.265 e. The first-order valence-electron chi connectivity index (χ1n) is 39.3. The molecule has 0 unspecified atom stereocenters. The van der Waals surface area contributed by atoms with Crippen LogP contribution in [0.5, 0.6) is 0 Å². The maximum Gasteiger partial charge on any atom is 0.265 e. The van der Waals surface area contributed by atoms with Crippen molar-refractivity contribution in [2.75, 3.05) is 120 Å². The Labute approximate surface area is 665 Å². The van der Waals surface area contributed by atoms with Crippen molar-refractivity contribution in [3.63, 3.8) is 0 Å². The van der Waals surface area contributed by atoms with Crippen LogP contribution in [0.15, 0.2) is 121 Å². The summed E-state index contributed by atoms with van der Waals surface area (Å²) < 4.78 is 91.1. The van der Waals surface area contributed by atoms with E-state index in [1.165, 1.54) is 43.5 Å². The third kappa shape index (κ3) is 11.3. The first-order valence-corrected chi connectivity index (χ1v) is 43.6. The Balaban J connectivity index is 0.000000126. The first-order chi connectivity index (χ1) is 54.1. The molecule has 12 atom stereocenters. The number of nitrogens with zero attached hydrogens (tertiary/aromatic N) is 10. The average molecular weight is 1640 g/mol. The van der Waals surface area contributed by atoms with Gasteiger partial charge in [-0.3, -0.25) is 27.3 Å². The van der Waals surface area contributed by atoms with Crippen molar-refractivity contribution < 1.29 is 113 Å². The van der Waals surface area contributed by atoms with E-state index >= 15 is 0 Å². The summed E-state index contributed by atoms with van der Waals surface area (Å²) in [5, 5.41) is 91.0. The molecule has 5 N–H and O–H groups in total. The van der Waals surface area contributed by atoms with E-state index in [-0.39, 0.29) is 59.7 Å². The Bertz CT molecular complexity index is 5820. The predicted molar refractivity (Wildman–Crippen MR) is 412 cm³/mol. The van der Waals surface area contributed by atoms with Gasteiger partial charge in [-0.2, -0.15) is 0 Å². The van der Waals surface area contributed by atoms with Gasteiger partial charge in [0.25, 0.3) is 30.1 Å². The molecule has 0 bridgehead atoms. The molecule has 33 heteroatoms. The molecule has 13 aliphatic heterocycles. The number of carbonyl (C=O) groups is 6. The number of aliphatic hydroxyl groups excluding tert-OH is 5. The molecule has 13 aliphatic rings. The van der Waals surface area contributed by atoms with Crippen LogP contribution in [0.25, 0.3) is 32.3 Å². The number of carboxylic acids is 3. The fraction of sp³-hybridized carbons (Fsp3) is 0.488. The number of anilines is 3. The van der Waals surface area contributed by atoms with Crippen LogP contribution in [0, 0.1) is 35.5 Å². The van der Waals surface area contributed by atoms with Gasteiger partial charge in [-0.1, -0.05) is 57.2 Å². The molecule has 4 saturated heterocycles. The van der Waals surface area contributed by atoms with Crippen LogP contribution in [0.2, 0.25) is 0 Å². The van der Waals surface area contributed by atoms with Gasteiger partial charge in [-0.05, 0) is 95.6 Å². The zero-order valence-electron chi connectivity index (χ0n) is 65.6. The summed E-state index contributed by atoms with van der Waals surface area (Å²) in [4.78, 5) is 79.2. The number of aliphatic hydroxyl groups is 5. The molecular weight excluding hydrogens is 1540 g/mol. The van der Waals surface area contributed by atoms with Crippen LogP contribution in [-0.2, 0) is 98.0 Å². The highest BCUT2D eigenvalue weighted by molar-refractivity contribution is 7.94. The van der Waals surface area contributed by atoms with Crippen LogP contribution in [0.4, 0.5) is 17.1 Å². The lowest BCUT2D eigenvalue weighted by atomic mass is 9.77. The van der Waals surface area contributed by atoms with Gasteiger partial charge in [0, 0.05) is 68.2 Å². The topological polar surface area (TPSA) is 395 Å². The quantitative estimate of drug-likeness (QED) is 0.0602. The lowest BCUT2D eigenvalue weighted by Crippen LogP contribution is -2.68. The van der Waals surface area contributed by atoms with Gasteiger partial charge < -0.3 is 87.9 Å². The molecule has 3 amide bonds. The Morgan fingerprint density at radius 1 is 0.478 bits per heavy atom. The third-order valence-corrected chi connectivity index (χ3v) is 33.2. The molecule has 30 nitrogen and oxygen atoms in total. The number of benzene rings is 6. The summed E-state index contributed by atoms with van der Waals surface area (Å²) in [6, 6.07) is 20.6. The number of carboxylic acid groups (broad SMARTS) is 3. The molecule has 6 aromatic carbocycles. The van der Waals surface area contributed by atoms with Gasteiger partial charge in [0.1, 0.15) is 76.9 Å². The molecule has 1 spiro atoms. The van der Waals surface area contributed by atoms with Gasteiger partial charge >= 0.3 is 0 Å². The highest BCUT2D eigenvalue weighted by Gasteiger charge is 2.63. The standard InChI is InChI=1S/C32H41N4O8S.2C25H27N3O6S/c1-19-24(30(32(41)42)34-29(19)27(20(2)39)31(34)40)17-33-25-5-3-4-23-22-6-7-36(10-8-35(9-11-36,12-14-37)13-15-38)18-21(22)16-26(28(23)25)45(33,43)44;1-12-16(23(25(31)32)27-21(12)19(13(2)29)24(27)30)9-26-22-17-11-28(3,4)10-15(17)8-14-6-5-7-18(20(14)22)35(26,33)34;1-12-16(22(25(31)32)27-21(12)19(13(2)29)24(27)30)9-26-18-7-5-6-14-8-15-10-28(3,4)11-17(15)23(20(14)18)35(26,33)34/h3-5,16,19-20,27,29,37-39H,6-15,17-18H2,1-2H3;2*5-8,12-13,19,21,29H,9-11H2,1-4H3/q+1;;/t19-,20+,27+,29+;2*12-,13+,19+,21+/m000/s1. The van der Waals surface area contributed by atoms with Crippen molar-refractivity contribution in [2.45, 2.75) is 132 Å². The Kier molecular flexibility index (Phi) is 18.1. The number of β-lactam (4-membered cyclic amide) rings is 3. The molecule has 4 fully saturated rings. The number of rotatable bonds is 16. The fourth-order valence-electron chi connectivity index (χ4n) is 22.3. The molecule has 0 aromatic heterocycles. The summed E-state index contributed by atoms with van der Waals surface area (Å²) in [6.07, 6.45) is -2.04. The van der Waals surface area contributed by atoms with Gasteiger partial charge in [-0.15, -0.1) is 0 Å². The van der Waals surface area contributed by atoms with Crippen LogP contribution in [-0.4, -0.2) is 262 Å². The van der Waals surface area contributed by atoms with Crippen LogP contribution in [0.1, 0.15) is 74.9 Å². The minimum absolute atomic E-state index is 0.0746. The van der Waals surface area contributed by atoms with Crippen molar-refractivity contribution in [3.05, 3.63) is 140 Å². The second kappa shape index (κ2) is 26.5. The molecule has 0 radical (unpaired) electrons. The van der Waals surface area contributed by atoms with Gasteiger partial charge in [0.05, 0.1) is 184 Å². The van der Waals surface area contributed by atoms with E-state index in [4.69, 9.17) is 0 Å². The Morgan fingerprint density at radius 3 is 1.36 bits per heavy atom. The van der Waals surface area contributed by atoms with Crippen molar-refractivity contribution in [1.82, 2.24) is 14.7 Å². The number of hydrogen-bond donors (Lipinski definition) is 5. The minimum atomic E-state index is -4.06. The van der Waals surface area contributed by atoms with Gasteiger partial charge in [0.2, 0.25) is 17.7 Å². The highest BCUT2D eigenvalue weighted by Crippen LogP contribution is 2.57. The number of sulfonamides is 3. The van der Waals surface area contributed by atoms with Crippen molar-refractivity contribution in [1.29, 1.82) is 0 Å². The van der Waals surface area contributed by atoms with Crippen LogP contribution in [0.3, 0.4) is 0 Å². The number of fused-ring (bicyclic) bond motifs is 9.